The molecule has 0 aliphatic carbocycles. The largest absolute Gasteiger partial charge is 0.310 e. The van der Waals surface area contributed by atoms with E-state index in [4.69, 9.17) is 23.2 Å². The Kier molecular flexibility index (Phi) is 5.91. The molecule has 1 N–H and O–H groups in total. The Bertz CT molecular complexity index is 586. The van der Waals surface area contributed by atoms with E-state index in [1.54, 1.807) is 0 Å². The fourth-order valence-corrected chi connectivity index (χ4v) is 2.97. The minimum absolute atomic E-state index is 0.328. The van der Waals surface area contributed by atoms with Crippen molar-refractivity contribution >= 4 is 39.1 Å². The quantitative estimate of drug-likeness (QED) is 0.732. The predicted octanol–water partition coefficient (Wildman–Crippen LogP) is 5.48. The molecule has 4 heteroatoms. The molecule has 1 unspecified atom stereocenters. The van der Waals surface area contributed by atoms with Gasteiger partial charge >= 0.3 is 0 Å². The van der Waals surface area contributed by atoms with E-state index in [1.807, 2.05) is 36.4 Å². The Hall–Kier alpha value is -0.540. The first-order valence-electron chi connectivity index (χ1n) is 6.47. The molecular weight excluding hydrogens is 357 g/mol. The van der Waals surface area contributed by atoms with Gasteiger partial charge in [0.2, 0.25) is 0 Å². The van der Waals surface area contributed by atoms with Gasteiger partial charge in [-0.3, -0.25) is 0 Å². The van der Waals surface area contributed by atoms with Gasteiger partial charge in [0, 0.05) is 27.1 Å². The number of hydrogen-bond donors (Lipinski definition) is 1. The summed E-state index contributed by atoms with van der Waals surface area (Å²) in [6.45, 7) is 2.90. The summed E-state index contributed by atoms with van der Waals surface area (Å²) in [7, 11) is 0. The molecule has 0 aromatic heterocycles. The lowest BCUT2D eigenvalue weighted by molar-refractivity contribution is 0.545. The topological polar surface area (TPSA) is 12.0 Å². The Morgan fingerprint density at radius 1 is 1.05 bits per heavy atom. The third-order valence-electron chi connectivity index (χ3n) is 3.14. The first kappa shape index (κ1) is 15.8. The molecule has 0 spiro atoms. The lowest BCUT2D eigenvalue weighted by Crippen LogP contribution is -2.27. The third-order valence-corrected chi connectivity index (χ3v) is 4.35. The van der Waals surface area contributed by atoms with Gasteiger partial charge in [-0.15, -0.1) is 0 Å². The molecule has 2 rings (SSSR count). The van der Waals surface area contributed by atoms with Crippen molar-refractivity contribution in [2.45, 2.75) is 25.9 Å². The fourth-order valence-electron chi connectivity index (χ4n) is 2.02. The molecule has 20 heavy (non-hydrogen) atoms. The van der Waals surface area contributed by atoms with Crippen LogP contribution in [0, 0.1) is 0 Å². The highest BCUT2D eigenvalue weighted by atomic mass is 79.9. The highest BCUT2D eigenvalue weighted by Crippen LogP contribution is 2.21. The van der Waals surface area contributed by atoms with Crippen molar-refractivity contribution in [1.82, 2.24) is 5.32 Å². The first-order valence-corrected chi connectivity index (χ1v) is 8.02. The van der Waals surface area contributed by atoms with Gasteiger partial charge in [-0.05, 0) is 42.7 Å². The maximum Gasteiger partial charge on any atom is 0.0462 e. The van der Waals surface area contributed by atoms with E-state index in [9.17, 15) is 0 Å². The summed E-state index contributed by atoms with van der Waals surface area (Å²) < 4.78 is 0.996. The van der Waals surface area contributed by atoms with Crippen molar-refractivity contribution < 1.29 is 0 Å². The molecule has 0 amide bonds. The second kappa shape index (κ2) is 7.46. The van der Waals surface area contributed by atoms with Crippen LogP contribution in [0.2, 0.25) is 10.0 Å². The molecule has 2 aromatic carbocycles. The van der Waals surface area contributed by atoms with Crippen LogP contribution in [-0.2, 0) is 13.0 Å². The lowest BCUT2D eigenvalue weighted by atomic mass is 10.1. The van der Waals surface area contributed by atoms with Crippen LogP contribution in [0.1, 0.15) is 18.1 Å². The van der Waals surface area contributed by atoms with Gasteiger partial charge < -0.3 is 5.32 Å². The summed E-state index contributed by atoms with van der Waals surface area (Å²) >= 11 is 15.8. The molecule has 0 aliphatic rings. The molecule has 0 aliphatic heterocycles. The number of nitrogens with one attached hydrogen (secondary N) is 1. The fraction of sp³-hybridized carbons (Fsp3) is 0.250. The van der Waals surface area contributed by atoms with E-state index in [2.05, 4.69) is 34.2 Å². The van der Waals surface area contributed by atoms with Crippen LogP contribution < -0.4 is 5.32 Å². The normalized spacial score (nSPS) is 12.4. The molecular formula is C16H16BrCl2N. The van der Waals surface area contributed by atoms with Crippen LogP contribution in [0.5, 0.6) is 0 Å². The van der Waals surface area contributed by atoms with Crippen LogP contribution in [0.25, 0.3) is 0 Å². The van der Waals surface area contributed by atoms with Gasteiger partial charge in [-0.1, -0.05) is 63.4 Å². The SMILES string of the molecule is CC(Cc1ccccc1Cl)NCc1ccc(Br)cc1Cl. The Morgan fingerprint density at radius 2 is 1.80 bits per heavy atom. The minimum atomic E-state index is 0.328. The summed E-state index contributed by atoms with van der Waals surface area (Å²) in [5, 5.41) is 5.07. The smallest absolute Gasteiger partial charge is 0.0462 e. The van der Waals surface area contributed by atoms with Gasteiger partial charge in [-0.25, -0.2) is 0 Å². The van der Waals surface area contributed by atoms with Crippen LogP contribution >= 0.6 is 39.1 Å². The summed E-state index contributed by atoms with van der Waals surface area (Å²) in [6.07, 6.45) is 0.897. The summed E-state index contributed by atoms with van der Waals surface area (Å²) in [5.74, 6) is 0. The number of rotatable bonds is 5. The lowest BCUT2D eigenvalue weighted by Gasteiger charge is -2.15. The van der Waals surface area contributed by atoms with Crippen LogP contribution in [0.4, 0.5) is 0 Å². The number of benzene rings is 2. The molecule has 1 atom stereocenters. The van der Waals surface area contributed by atoms with Crippen LogP contribution in [0.15, 0.2) is 46.9 Å². The second-order valence-corrected chi connectivity index (χ2v) is 6.54. The van der Waals surface area contributed by atoms with E-state index in [0.29, 0.717) is 6.04 Å². The van der Waals surface area contributed by atoms with Crippen molar-refractivity contribution in [1.29, 1.82) is 0 Å². The van der Waals surface area contributed by atoms with Crippen molar-refractivity contribution in [3.63, 3.8) is 0 Å². The Balaban J connectivity index is 1.92. The van der Waals surface area contributed by atoms with Gasteiger partial charge in [0.1, 0.15) is 0 Å². The zero-order valence-electron chi connectivity index (χ0n) is 11.2. The molecule has 0 heterocycles. The van der Waals surface area contributed by atoms with Crippen molar-refractivity contribution in [2.24, 2.45) is 0 Å². The third kappa shape index (κ3) is 4.49. The standard InChI is InChI=1S/C16H16BrCl2N/c1-11(8-12-4-2-3-5-15(12)18)20-10-13-6-7-14(17)9-16(13)19/h2-7,9,11,20H,8,10H2,1H3. The maximum absolute atomic E-state index is 6.21. The van der Waals surface area contributed by atoms with Crippen molar-refractivity contribution in [2.75, 3.05) is 0 Å². The average Bonchev–Trinajstić information content (AvgIpc) is 2.40. The molecule has 0 fully saturated rings. The zero-order valence-corrected chi connectivity index (χ0v) is 14.3. The van der Waals surface area contributed by atoms with Crippen LogP contribution in [-0.4, -0.2) is 6.04 Å². The van der Waals surface area contributed by atoms with Crippen molar-refractivity contribution in [3.8, 4) is 0 Å². The Labute approximate surface area is 138 Å². The average molecular weight is 373 g/mol. The van der Waals surface area contributed by atoms with Gasteiger partial charge in [-0.2, -0.15) is 0 Å². The highest BCUT2D eigenvalue weighted by Gasteiger charge is 2.07. The molecule has 0 radical (unpaired) electrons. The highest BCUT2D eigenvalue weighted by molar-refractivity contribution is 9.10. The summed E-state index contributed by atoms with van der Waals surface area (Å²) in [5.41, 5.74) is 2.26. The molecule has 106 valence electrons. The number of halogens is 3. The summed E-state index contributed by atoms with van der Waals surface area (Å²) in [6, 6.07) is 14.2. The molecule has 0 bridgehead atoms. The van der Waals surface area contributed by atoms with E-state index in [-0.39, 0.29) is 0 Å². The van der Waals surface area contributed by atoms with Gasteiger partial charge in [0.15, 0.2) is 0 Å². The first-order chi connectivity index (χ1) is 9.56. The van der Waals surface area contributed by atoms with E-state index in [1.165, 1.54) is 0 Å². The summed E-state index contributed by atoms with van der Waals surface area (Å²) in [4.78, 5) is 0. The van der Waals surface area contributed by atoms with E-state index < -0.39 is 0 Å². The molecule has 2 aromatic rings. The predicted molar refractivity (Wildman–Crippen MR) is 90.6 cm³/mol. The number of hydrogen-bond acceptors (Lipinski definition) is 1. The van der Waals surface area contributed by atoms with E-state index >= 15 is 0 Å². The van der Waals surface area contributed by atoms with E-state index in [0.717, 1.165) is 38.6 Å². The zero-order chi connectivity index (χ0) is 14.5. The van der Waals surface area contributed by atoms with Gasteiger partial charge in [0.25, 0.3) is 0 Å². The Morgan fingerprint density at radius 3 is 2.50 bits per heavy atom. The maximum atomic E-state index is 6.21. The monoisotopic (exact) mass is 371 g/mol. The molecule has 0 saturated heterocycles. The van der Waals surface area contributed by atoms with Gasteiger partial charge in [0.05, 0.1) is 0 Å². The molecule has 1 nitrogen and oxygen atoms in total. The van der Waals surface area contributed by atoms with Crippen molar-refractivity contribution in [3.05, 3.63) is 68.1 Å². The minimum Gasteiger partial charge on any atom is -0.310 e. The second-order valence-electron chi connectivity index (χ2n) is 4.81. The molecule has 0 saturated carbocycles. The van der Waals surface area contributed by atoms with Crippen LogP contribution in [0.3, 0.4) is 0 Å².